The summed E-state index contributed by atoms with van der Waals surface area (Å²) in [4.78, 5) is 13.8. The van der Waals surface area contributed by atoms with E-state index >= 15 is 0 Å². The standard InChI is InChI=1S/C14H15F2NO/c15-12-6-2-5-11(13(12)16)14(18)17-7-9-3-1-4-10(9)8-17/h2,5-6,9-10H,1,3-4,7-8H2. The Bertz CT molecular complexity index is 477. The second kappa shape index (κ2) is 4.34. The second-order valence-electron chi connectivity index (χ2n) is 5.26. The highest BCUT2D eigenvalue weighted by molar-refractivity contribution is 5.94. The Hall–Kier alpha value is -1.45. The molecule has 18 heavy (non-hydrogen) atoms. The van der Waals surface area contributed by atoms with Gasteiger partial charge in [0.15, 0.2) is 11.6 Å². The molecular formula is C14H15F2NO. The summed E-state index contributed by atoms with van der Waals surface area (Å²) in [7, 11) is 0. The molecule has 1 aromatic carbocycles. The van der Waals surface area contributed by atoms with Crippen LogP contribution < -0.4 is 0 Å². The monoisotopic (exact) mass is 251 g/mol. The lowest BCUT2D eigenvalue weighted by Gasteiger charge is -2.17. The first kappa shape index (κ1) is 11.6. The van der Waals surface area contributed by atoms with Crippen molar-refractivity contribution in [3.05, 3.63) is 35.4 Å². The van der Waals surface area contributed by atoms with E-state index in [-0.39, 0.29) is 11.5 Å². The van der Waals surface area contributed by atoms with Crippen LogP contribution in [-0.2, 0) is 0 Å². The number of halogens is 2. The lowest BCUT2D eigenvalue weighted by atomic mass is 10.0. The molecule has 1 aromatic rings. The highest BCUT2D eigenvalue weighted by Gasteiger charge is 2.38. The van der Waals surface area contributed by atoms with Crippen LogP contribution >= 0.6 is 0 Å². The highest BCUT2D eigenvalue weighted by Crippen LogP contribution is 2.38. The topological polar surface area (TPSA) is 20.3 Å². The van der Waals surface area contributed by atoms with E-state index in [0.29, 0.717) is 24.9 Å². The van der Waals surface area contributed by atoms with Crippen LogP contribution in [0.25, 0.3) is 0 Å². The first-order valence-corrected chi connectivity index (χ1v) is 6.40. The smallest absolute Gasteiger partial charge is 0.256 e. The van der Waals surface area contributed by atoms with E-state index in [1.54, 1.807) is 4.90 Å². The highest BCUT2D eigenvalue weighted by atomic mass is 19.2. The number of carbonyl (C=O) groups excluding carboxylic acids is 1. The number of fused-ring (bicyclic) bond motifs is 1. The molecule has 2 atom stereocenters. The molecule has 2 fully saturated rings. The molecule has 0 aromatic heterocycles. The van der Waals surface area contributed by atoms with Crippen molar-refractivity contribution in [2.24, 2.45) is 11.8 Å². The van der Waals surface area contributed by atoms with Crippen LogP contribution in [0.3, 0.4) is 0 Å². The van der Waals surface area contributed by atoms with Crippen molar-refractivity contribution in [3.63, 3.8) is 0 Å². The summed E-state index contributed by atoms with van der Waals surface area (Å²) in [6, 6.07) is 3.77. The predicted molar refractivity (Wildman–Crippen MR) is 63.1 cm³/mol. The molecule has 0 bridgehead atoms. The normalized spacial score (nSPS) is 26.4. The Morgan fingerprint density at radius 2 is 1.83 bits per heavy atom. The summed E-state index contributed by atoms with van der Waals surface area (Å²) in [5.41, 5.74) is -0.144. The summed E-state index contributed by atoms with van der Waals surface area (Å²) in [5.74, 6) is -1.24. The fourth-order valence-corrected chi connectivity index (χ4v) is 3.24. The van der Waals surface area contributed by atoms with E-state index in [9.17, 15) is 13.6 Å². The minimum atomic E-state index is -1.03. The molecule has 0 spiro atoms. The van der Waals surface area contributed by atoms with Gasteiger partial charge in [-0.1, -0.05) is 12.5 Å². The first-order chi connectivity index (χ1) is 8.66. The van der Waals surface area contributed by atoms with Gasteiger partial charge < -0.3 is 4.90 Å². The zero-order valence-corrected chi connectivity index (χ0v) is 10.0. The molecule has 0 N–H and O–H groups in total. The zero-order valence-electron chi connectivity index (χ0n) is 10.0. The second-order valence-corrected chi connectivity index (χ2v) is 5.26. The van der Waals surface area contributed by atoms with Crippen LogP contribution in [0.15, 0.2) is 18.2 Å². The molecule has 2 nitrogen and oxygen atoms in total. The third-order valence-corrected chi connectivity index (χ3v) is 4.20. The van der Waals surface area contributed by atoms with Crippen molar-refractivity contribution in [1.82, 2.24) is 4.90 Å². The molecule has 1 aliphatic carbocycles. The van der Waals surface area contributed by atoms with E-state index in [4.69, 9.17) is 0 Å². The van der Waals surface area contributed by atoms with Gasteiger partial charge in [-0.2, -0.15) is 0 Å². The molecule has 1 aliphatic heterocycles. The molecule has 1 saturated heterocycles. The van der Waals surface area contributed by atoms with Gasteiger partial charge in [-0.25, -0.2) is 8.78 Å². The van der Waals surface area contributed by atoms with Gasteiger partial charge in [0.1, 0.15) is 0 Å². The molecule has 4 heteroatoms. The quantitative estimate of drug-likeness (QED) is 0.751. The van der Waals surface area contributed by atoms with Crippen LogP contribution in [0.1, 0.15) is 29.6 Å². The van der Waals surface area contributed by atoms with Crippen molar-refractivity contribution in [3.8, 4) is 0 Å². The number of benzene rings is 1. The number of carbonyl (C=O) groups is 1. The molecule has 0 radical (unpaired) electrons. The molecule has 2 unspecified atom stereocenters. The third-order valence-electron chi connectivity index (χ3n) is 4.20. The maximum Gasteiger partial charge on any atom is 0.256 e. The van der Waals surface area contributed by atoms with E-state index in [1.807, 2.05) is 0 Å². The van der Waals surface area contributed by atoms with Crippen molar-refractivity contribution in [1.29, 1.82) is 0 Å². The van der Waals surface area contributed by atoms with E-state index in [2.05, 4.69) is 0 Å². The van der Waals surface area contributed by atoms with Crippen molar-refractivity contribution in [2.45, 2.75) is 19.3 Å². The summed E-state index contributed by atoms with van der Waals surface area (Å²) in [5, 5.41) is 0. The molecule has 1 amide bonds. The van der Waals surface area contributed by atoms with Gasteiger partial charge in [-0.05, 0) is 36.8 Å². The predicted octanol–water partition coefficient (Wildman–Crippen LogP) is 2.84. The van der Waals surface area contributed by atoms with Crippen LogP contribution in [0.4, 0.5) is 8.78 Å². The van der Waals surface area contributed by atoms with Crippen LogP contribution in [-0.4, -0.2) is 23.9 Å². The Labute approximate surface area is 105 Å². The third kappa shape index (κ3) is 1.80. The SMILES string of the molecule is O=C(c1cccc(F)c1F)N1CC2CCCC2C1. The van der Waals surface area contributed by atoms with Gasteiger partial charge >= 0.3 is 0 Å². The summed E-state index contributed by atoms with van der Waals surface area (Å²) in [6.07, 6.45) is 3.53. The van der Waals surface area contributed by atoms with Crippen molar-refractivity contribution < 1.29 is 13.6 Å². The van der Waals surface area contributed by atoms with Gasteiger partial charge in [0, 0.05) is 13.1 Å². The fourth-order valence-electron chi connectivity index (χ4n) is 3.24. The number of nitrogens with zero attached hydrogens (tertiary/aromatic N) is 1. The minimum Gasteiger partial charge on any atom is -0.338 e. The number of amides is 1. The molecule has 2 aliphatic rings. The fraction of sp³-hybridized carbons (Fsp3) is 0.500. The molecule has 96 valence electrons. The maximum absolute atomic E-state index is 13.6. The summed E-state index contributed by atoms with van der Waals surface area (Å²) in [6.45, 7) is 1.39. The van der Waals surface area contributed by atoms with Crippen molar-refractivity contribution in [2.75, 3.05) is 13.1 Å². The Morgan fingerprint density at radius 1 is 1.17 bits per heavy atom. The van der Waals surface area contributed by atoms with Crippen molar-refractivity contribution >= 4 is 5.91 Å². The van der Waals surface area contributed by atoms with E-state index < -0.39 is 11.6 Å². The average Bonchev–Trinajstić information content (AvgIpc) is 2.92. The largest absolute Gasteiger partial charge is 0.338 e. The lowest BCUT2D eigenvalue weighted by molar-refractivity contribution is 0.0775. The van der Waals surface area contributed by atoms with Gasteiger partial charge in [-0.15, -0.1) is 0 Å². The molecular weight excluding hydrogens is 236 g/mol. The van der Waals surface area contributed by atoms with Gasteiger partial charge in [-0.3, -0.25) is 4.79 Å². The molecule has 1 heterocycles. The van der Waals surface area contributed by atoms with Crippen LogP contribution in [0.5, 0.6) is 0 Å². The number of hydrogen-bond acceptors (Lipinski definition) is 1. The number of likely N-dealkylation sites (tertiary alicyclic amines) is 1. The Morgan fingerprint density at radius 3 is 2.50 bits per heavy atom. The van der Waals surface area contributed by atoms with Gasteiger partial charge in [0.05, 0.1) is 5.56 Å². The van der Waals surface area contributed by atoms with Gasteiger partial charge in [0.2, 0.25) is 0 Å². The minimum absolute atomic E-state index is 0.144. The number of hydrogen-bond donors (Lipinski definition) is 0. The number of rotatable bonds is 1. The summed E-state index contributed by atoms with van der Waals surface area (Å²) >= 11 is 0. The molecule has 1 saturated carbocycles. The first-order valence-electron chi connectivity index (χ1n) is 6.40. The summed E-state index contributed by atoms with van der Waals surface area (Å²) < 4.78 is 26.7. The zero-order chi connectivity index (χ0) is 12.7. The maximum atomic E-state index is 13.6. The Balaban J connectivity index is 1.81. The average molecular weight is 251 g/mol. The van der Waals surface area contributed by atoms with Gasteiger partial charge in [0.25, 0.3) is 5.91 Å². The molecule has 3 rings (SSSR count). The van der Waals surface area contributed by atoms with Crippen LogP contribution in [0, 0.1) is 23.5 Å². The Kier molecular flexibility index (Phi) is 2.80. The van der Waals surface area contributed by atoms with Crippen LogP contribution in [0.2, 0.25) is 0 Å². The van der Waals surface area contributed by atoms with E-state index in [1.165, 1.54) is 18.6 Å². The lowest BCUT2D eigenvalue weighted by Crippen LogP contribution is -2.30. The van der Waals surface area contributed by atoms with E-state index in [0.717, 1.165) is 18.9 Å².